The molecule has 1 saturated heterocycles. The summed E-state index contributed by atoms with van der Waals surface area (Å²) in [5.74, 6) is 0.484. The molecule has 0 aliphatic carbocycles. The van der Waals surface area contributed by atoms with Gasteiger partial charge in [0.25, 0.3) is 5.91 Å². The summed E-state index contributed by atoms with van der Waals surface area (Å²) in [6, 6.07) is 14.8. The van der Waals surface area contributed by atoms with Crippen molar-refractivity contribution in [3.63, 3.8) is 0 Å². The molecule has 0 bridgehead atoms. The lowest BCUT2D eigenvalue weighted by atomic mass is 10.2. The van der Waals surface area contributed by atoms with E-state index < -0.39 is 0 Å². The van der Waals surface area contributed by atoms with Crippen LogP contribution in [-0.4, -0.2) is 58.3 Å². The van der Waals surface area contributed by atoms with Crippen LogP contribution in [0.3, 0.4) is 0 Å². The summed E-state index contributed by atoms with van der Waals surface area (Å²) in [5.41, 5.74) is 2.25. The van der Waals surface area contributed by atoms with Gasteiger partial charge in [-0.3, -0.25) is 4.79 Å². The molecule has 1 aliphatic heterocycles. The number of benzene rings is 2. The molecule has 1 fully saturated rings. The van der Waals surface area contributed by atoms with E-state index in [0.29, 0.717) is 24.4 Å². The fourth-order valence-electron chi connectivity index (χ4n) is 3.47. The third-order valence-corrected chi connectivity index (χ3v) is 4.99. The highest BCUT2D eigenvalue weighted by Gasteiger charge is 2.24. The summed E-state index contributed by atoms with van der Waals surface area (Å²) in [7, 11) is 1.68. The monoisotopic (exact) mass is 398 g/mol. The molecule has 1 aliphatic rings. The first-order valence-corrected chi connectivity index (χ1v) is 9.89. The molecule has 2 N–H and O–H groups in total. The topological polar surface area (TPSA) is 72.3 Å². The van der Waals surface area contributed by atoms with Crippen LogP contribution >= 0.6 is 0 Å². The van der Waals surface area contributed by atoms with Crippen molar-refractivity contribution in [2.75, 3.05) is 56.7 Å². The van der Waals surface area contributed by atoms with Crippen LogP contribution in [0.25, 0.3) is 0 Å². The molecule has 1 heterocycles. The number of piperazine rings is 1. The lowest BCUT2D eigenvalue weighted by Gasteiger charge is -2.34. The lowest BCUT2D eigenvalue weighted by molar-refractivity contribution is -0.892. The van der Waals surface area contributed by atoms with Crippen molar-refractivity contribution in [3.8, 4) is 5.75 Å². The first kappa shape index (κ1) is 20.7. The van der Waals surface area contributed by atoms with Crippen LogP contribution in [0.15, 0.2) is 48.5 Å². The van der Waals surface area contributed by atoms with Gasteiger partial charge in [0.15, 0.2) is 6.54 Å². The van der Waals surface area contributed by atoms with E-state index in [1.807, 2.05) is 18.2 Å². The van der Waals surface area contributed by atoms with Crippen LogP contribution in [0.1, 0.15) is 17.3 Å². The number of carbonyl (C=O) groups is 2. The van der Waals surface area contributed by atoms with E-state index in [-0.39, 0.29) is 11.9 Å². The maximum absolute atomic E-state index is 12.4. The van der Waals surface area contributed by atoms with Crippen LogP contribution in [0, 0.1) is 0 Å². The third kappa shape index (κ3) is 5.48. The molecule has 154 valence electrons. The molecular formula is C22H28N3O4+. The Morgan fingerprint density at radius 1 is 1.07 bits per heavy atom. The van der Waals surface area contributed by atoms with Gasteiger partial charge in [-0.15, -0.1) is 0 Å². The average Bonchev–Trinajstić information content (AvgIpc) is 2.75. The maximum Gasteiger partial charge on any atom is 0.338 e. The zero-order valence-corrected chi connectivity index (χ0v) is 16.9. The number of hydrogen-bond acceptors (Lipinski definition) is 5. The van der Waals surface area contributed by atoms with E-state index in [1.165, 1.54) is 4.90 Å². The van der Waals surface area contributed by atoms with Crippen molar-refractivity contribution in [2.45, 2.75) is 6.92 Å². The van der Waals surface area contributed by atoms with Gasteiger partial charge in [0.05, 0.1) is 51.1 Å². The molecule has 29 heavy (non-hydrogen) atoms. The lowest BCUT2D eigenvalue weighted by Crippen LogP contribution is -3.15. The Hall–Kier alpha value is -3.06. The molecule has 0 atom stereocenters. The van der Waals surface area contributed by atoms with E-state index in [0.717, 1.165) is 37.6 Å². The quantitative estimate of drug-likeness (QED) is 0.686. The summed E-state index contributed by atoms with van der Waals surface area (Å²) in [4.78, 5) is 27.6. The second-order valence-electron chi connectivity index (χ2n) is 6.93. The minimum atomic E-state index is -0.359. The zero-order valence-electron chi connectivity index (χ0n) is 16.9. The molecule has 2 aromatic rings. The van der Waals surface area contributed by atoms with Gasteiger partial charge < -0.3 is 24.6 Å². The summed E-state index contributed by atoms with van der Waals surface area (Å²) >= 11 is 0. The van der Waals surface area contributed by atoms with Crippen LogP contribution in [0.5, 0.6) is 5.75 Å². The minimum absolute atomic E-state index is 0.0328. The van der Waals surface area contributed by atoms with Crippen molar-refractivity contribution in [2.24, 2.45) is 0 Å². The van der Waals surface area contributed by atoms with Crippen LogP contribution < -0.4 is 19.9 Å². The molecule has 0 spiro atoms. The number of methoxy groups -OCH3 is 1. The molecule has 0 unspecified atom stereocenters. The molecule has 0 saturated carbocycles. The minimum Gasteiger partial charge on any atom is -0.495 e. The Morgan fingerprint density at radius 3 is 2.41 bits per heavy atom. The van der Waals surface area contributed by atoms with Crippen molar-refractivity contribution in [1.29, 1.82) is 0 Å². The Balaban J connectivity index is 1.48. The summed E-state index contributed by atoms with van der Waals surface area (Å²) in [6.07, 6.45) is 0. The number of hydrogen-bond donors (Lipinski definition) is 2. The largest absolute Gasteiger partial charge is 0.495 e. The van der Waals surface area contributed by atoms with Gasteiger partial charge >= 0.3 is 5.97 Å². The Kier molecular flexibility index (Phi) is 7.08. The Bertz CT molecular complexity index is 830. The van der Waals surface area contributed by atoms with Gasteiger partial charge in [-0.05, 0) is 43.3 Å². The molecule has 1 amide bonds. The van der Waals surface area contributed by atoms with Gasteiger partial charge in [-0.2, -0.15) is 0 Å². The maximum atomic E-state index is 12.4. The van der Waals surface area contributed by atoms with Gasteiger partial charge in [-0.25, -0.2) is 4.79 Å². The van der Waals surface area contributed by atoms with E-state index in [4.69, 9.17) is 9.47 Å². The first-order chi connectivity index (χ1) is 14.1. The SMILES string of the molecule is CCOC(=O)c1ccc(NC(=O)C[NH+]2CCN(c3ccccc3OC)CC2)cc1. The fraction of sp³-hybridized carbons (Fsp3) is 0.364. The van der Waals surface area contributed by atoms with Gasteiger partial charge in [0.1, 0.15) is 5.75 Å². The molecule has 7 nitrogen and oxygen atoms in total. The number of anilines is 2. The second kappa shape index (κ2) is 9.93. The average molecular weight is 398 g/mol. The highest BCUT2D eigenvalue weighted by atomic mass is 16.5. The number of ether oxygens (including phenoxy) is 2. The van der Waals surface area contributed by atoms with Crippen molar-refractivity contribution in [3.05, 3.63) is 54.1 Å². The number of carbonyl (C=O) groups excluding carboxylic acids is 2. The molecule has 0 aromatic heterocycles. The van der Waals surface area contributed by atoms with E-state index in [1.54, 1.807) is 38.3 Å². The second-order valence-corrected chi connectivity index (χ2v) is 6.93. The number of nitrogens with one attached hydrogen (secondary N) is 2. The highest BCUT2D eigenvalue weighted by Crippen LogP contribution is 2.27. The Labute approximate surface area is 171 Å². The van der Waals surface area contributed by atoms with Crippen molar-refractivity contribution < 1.29 is 24.0 Å². The number of rotatable bonds is 7. The molecule has 7 heteroatoms. The van der Waals surface area contributed by atoms with E-state index >= 15 is 0 Å². The van der Waals surface area contributed by atoms with Crippen LogP contribution in [0.4, 0.5) is 11.4 Å². The van der Waals surface area contributed by atoms with E-state index in [9.17, 15) is 9.59 Å². The highest BCUT2D eigenvalue weighted by molar-refractivity contribution is 5.93. The molecule has 3 rings (SSSR count). The van der Waals surface area contributed by atoms with Crippen LogP contribution in [-0.2, 0) is 9.53 Å². The fourth-order valence-corrected chi connectivity index (χ4v) is 3.47. The predicted molar refractivity (Wildman–Crippen MR) is 112 cm³/mol. The van der Waals surface area contributed by atoms with Crippen LogP contribution in [0.2, 0.25) is 0 Å². The number of para-hydroxylation sites is 2. The van der Waals surface area contributed by atoms with Gasteiger partial charge in [0, 0.05) is 5.69 Å². The standard InChI is InChI=1S/C22H27N3O4/c1-3-29-22(27)17-8-10-18(11-9-17)23-21(26)16-24-12-14-25(15-13-24)19-6-4-5-7-20(19)28-2/h4-11H,3,12-16H2,1-2H3,(H,23,26)/p+1. The smallest absolute Gasteiger partial charge is 0.338 e. The van der Waals surface area contributed by atoms with Gasteiger partial charge in [-0.1, -0.05) is 12.1 Å². The van der Waals surface area contributed by atoms with Gasteiger partial charge in [0.2, 0.25) is 0 Å². The van der Waals surface area contributed by atoms with Crippen molar-refractivity contribution in [1.82, 2.24) is 0 Å². The third-order valence-electron chi connectivity index (χ3n) is 4.99. The summed E-state index contributed by atoms with van der Waals surface area (Å²) in [5, 5.41) is 2.90. The Morgan fingerprint density at radius 2 is 1.76 bits per heavy atom. The molecule has 0 radical (unpaired) electrons. The summed E-state index contributed by atoms with van der Waals surface area (Å²) < 4.78 is 10.4. The van der Waals surface area contributed by atoms with E-state index in [2.05, 4.69) is 16.3 Å². The van der Waals surface area contributed by atoms with Crippen molar-refractivity contribution >= 4 is 23.3 Å². The summed E-state index contributed by atoms with van der Waals surface area (Å²) in [6.45, 7) is 6.03. The zero-order chi connectivity index (χ0) is 20.6. The normalized spacial score (nSPS) is 14.3. The molecular weight excluding hydrogens is 370 g/mol. The number of quaternary nitrogens is 1. The number of nitrogens with zero attached hydrogens (tertiary/aromatic N) is 1. The first-order valence-electron chi connectivity index (χ1n) is 9.89. The number of amides is 1. The molecule has 2 aromatic carbocycles. The predicted octanol–water partition coefficient (Wildman–Crippen LogP) is 1.22. The number of esters is 1.